The van der Waals surface area contributed by atoms with Gasteiger partial charge in [-0.3, -0.25) is 0 Å². The van der Waals surface area contributed by atoms with Gasteiger partial charge in [-0.15, -0.1) is 5.10 Å². The van der Waals surface area contributed by atoms with Crippen molar-refractivity contribution in [2.75, 3.05) is 23.7 Å². The highest BCUT2D eigenvalue weighted by molar-refractivity contribution is 9.10. The van der Waals surface area contributed by atoms with Crippen molar-refractivity contribution in [1.29, 1.82) is 0 Å². The molecule has 24 heavy (non-hydrogen) atoms. The van der Waals surface area contributed by atoms with Gasteiger partial charge in [0.05, 0.1) is 0 Å². The third-order valence-electron chi connectivity index (χ3n) is 4.25. The maximum atomic E-state index is 11.3. The summed E-state index contributed by atoms with van der Waals surface area (Å²) in [6.45, 7) is 1.53. The molecule has 1 fully saturated rings. The number of halogens is 1. The lowest BCUT2D eigenvalue weighted by Gasteiger charge is -2.35. The molecule has 0 spiro atoms. The lowest BCUT2D eigenvalue weighted by atomic mass is 9.86. The van der Waals surface area contributed by atoms with E-state index in [2.05, 4.69) is 40.7 Å². The molecule has 8 nitrogen and oxygen atoms in total. The number of nitrogens with two attached hydrogens (primary N) is 1. The summed E-state index contributed by atoms with van der Waals surface area (Å²) in [7, 11) is -2.67. The summed E-state index contributed by atoms with van der Waals surface area (Å²) in [6.07, 6.45) is 1.68. The fraction of sp³-hybridized carbons (Fsp3) is 0.429. The standard InChI is InChI=1S/C14H19BrN6O2S/c15-11-3-1-2-10(8-11)12(20-24(22)23)9-4-6-21(7-5-9)14-17-13(16)18-19-14/h1-3,8-9,12,24H,4-7H2,(H,20,22,23)(H3,16,17,18,19). The molecule has 4 N–H and O–H groups in total. The number of thiol groups is 1. The van der Waals surface area contributed by atoms with Crippen LogP contribution in [0.25, 0.3) is 0 Å². The summed E-state index contributed by atoms with van der Waals surface area (Å²) in [4.78, 5) is 6.22. The molecule has 1 aromatic carbocycles. The minimum absolute atomic E-state index is 0.212. The maximum Gasteiger partial charge on any atom is 0.241 e. The first-order valence-electron chi connectivity index (χ1n) is 7.62. The van der Waals surface area contributed by atoms with Gasteiger partial charge in [-0.2, -0.15) is 4.98 Å². The van der Waals surface area contributed by atoms with Gasteiger partial charge >= 0.3 is 0 Å². The smallest absolute Gasteiger partial charge is 0.241 e. The van der Waals surface area contributed by atoms with Gasteiger partial charge in [0.1, 0.15) is 0 Å². The second-order valence-corrected chi connectivity index (χ2v) is 7.45. The Hall–Kier alpha value is -1.65. The number of hydrogen-bond acceptors (Lipinski definition) is 6. The van der Waals surface area contributed by atoms with Gasteiger partial charge < -0.3 is 10.6 Å². The Morgan fingerprint density at radius 3 is 2.71 bits per heavy atom. The van der Waals surface area contributed by atoms with Crippen LogP contribution in [0.1, 0.15) is 24.4 Å². The summed E-state index contributed by atoms with van der Waals surface area (Å²) in [5.41, 5.74) is 6.51. The van der Waals surface area contributed by atoms with Crippen molar-refractivity contribution in [3.63, 3.8) is 0 Å². The first-order valence-corrected chi connectivity index (χ1v) is 9.59. The molecule has 2 aromatic rings. The van der Waals surface area contributed by atoms with Crippen molar-refractivity contribution < 1.29 is 8.42 Å². The van der Waals surface area contributed by atoms with E-state index in [0.29, 0.717) is 5.95 Å². The van der Waals surface area contributed by atoms with Crippen molar-refractivity contribution in [2.24, 2.45) is 5.92 Å². The summed E-state index contributed by atoms with van der Waals surface area (Å²) in [5.74, 6) is 1.10. The number of aromatic amines is 1. The zero-order valence-corrected chi connectivity index (χ0v) is 15.3. The molecule has 1 saturated heterocycles. The van der Waals surface area contributed by atoms with Crippen LogP contribution in [0, 0.1) is 5.92 Å². The van der Waals surface area contributed by atoms with E-state index in [4.69, 9.17) is 5.73 Å². The van der Waals surface area contributed by atoms with Crippen LogP contribution in [0.4, 0.5) is 11.9 Å². The third kappa shape index (κ3) is 4.05. The number of piperidine rings is 1. The van der Waals surface area contributed by atoms with Crippen LogP contribution in [0.3, 0.4) is 0 Å². The molecule has 0 radical (unpaired) electrons. The van der Waals surface area contributed by atoms with Gasteiger partial charge in [-0.1, -0.05) is 28.1 Å². The molecule has 1 aliphatic heterocycles. The predicted molar refractivity (Wildman–Crippen MR) is 96.1 cm³/mol. The molecule has 2 heterocycles. The van der Waals surface area contributed by atoms with Crippen molar-refractivity contribution in [3.8, 4) is 0 Å². The van der Waals surface area contributed by atoms with E-state index >= 15 is 0 Å². The van der Waals surface area contributed by atoms with Gasteiger partial charge in [0.25, 0.3) is 0 Å². The van der Waals surface area contributed by atoms with Gasteiger partial charge in [0.2, 0.25) is 22.8 Å². The number of hydrogen-bond donors (Lipinski definition) is 4. The molecule has 3 rings (SSSR count). The minimum atomic E-state index is -2.67. The van der Waals surface area contributed by atoms with Gasteiger partial charge in [0, 0.05) is 23.6 Å². The Kier molecular flexibility index (Phi) is 5.36. The van der Waals surface area contributed by atoms with E-state index in [0.717, 1.165) is 36.0 Å². The van der Waals surface area contributed by atoms with E-state index in [1.54, 1.807) is 0 Å². The number of anilines is 2. The van der Waals surface area contributed by atoms with E-state index in [1.807, 2.05) is 24.3 Å². The highest BCUT2D eigenvalue weighted by Crippen LogP contribution is 2.32. The quantitative estimate of drug-likeness (QED) is 0.546. The van der Waals surface area contributed by atoms with E-state index in [-0.39, 0.29) is 17.9 Å². The van der Waals surface area contributed by atoms with Crippen LogP contribution in [0.2, 0.25) is 0 Å². The Morgan fingerprint density at radius 2 is 2.12 bits per heavy atom. The first-order chi connectivity index (χ1) is 11.5. The number of rotatable bonds is 5. The molecular formula is C14H19BrN6O2S. The molecule has 0 saturated carbocycles. The monoisotopic (exact) mass is 414 g/mol. The highest BCUT2D eigenvalue weighted by atomic mass is 79.9. The maximum absolute atomic E-state index is 11.3. The second-order valence-electron chi connectivity index (χ2n) is 5.76. The second kappa shape index (κ2) is 7.49. The Bertz CT molecular complexity index is 764. The van der Waals surface area contributed by atoms with E-state index < -0.39 is 10.9 Å². The van der Waals surface area contributed by atoms with E-state index in [9.17, 15) is 8.42 Å². The molecule has 0 bridgehead atoms. The summed E-state index contributed by atoms with van der Waals surface area (Å²) in [5, 5.41) is 6.66. The highest BCUT2D eigenvalue weighted by Gasteiger charge is 2.29. The summed E-state index contributed by atoms with van der Waals surface area (Å²) >= 11 is 3.45. The molecule has 1 aromatic heterocycles. The lowest BCUT2D eigenvalue weighted by molar-refractivity contribution is 0.327. The fourth-order valence-electron chi connectivity index (χ4n) is 3.12. The molecule has 0 amide bonds. The normalized spacial score (nSPS) is 17.3. The molecular weight excluding hydrogens is 396 g/mol. The molecule has 1 atom stereocenters. The number of nitrogens with zero attached hydrogens (tertiary/aromatic N) is 3. The van der Waals surface area contributed by atoms with Crippen LogP contribution in [0.15, 0.2) is 28.7 Å². The largest absolute Gasteiger partial charge is 0.366 e. The minimum Gasteiger partial charge on any atom is -0.366 e. The first kappa shape index (κ1) is 17.2. The average Bonchev–Trinajstić information content (AvgIpc) is 2.99. The summed E-state index contributed by atoms with van der Waals surface area (Å²) in [6, 6.07) is 7.52. The van der Waals surface area contributed by atoms with Gasteiger partial charge in [-0.05, 0) is 36.5 Å². The summed E-state index contributed by atoms with van der Waals surface area (Å²) < 4.78 is 26.2. The number of aromatic nitrogens is 3. The van der Waals surface area contributed by atoms with Crippen LogP contribution in [-0.2, 0) is 10.9 Å². The lowest BCUT2D eigenvalue weighted by Crippen LogP contribution is -2.39. The van der Waals surface area contributed by atoms with Crippen LogP contribution in [0.5, 0.6) is 0 Å². The molecule has 1 unspecified atom stereocenters. The Labute approximate surface area is 150 Å². The SMILES string of the molecule is Nc1n[nH]c(N2CCC(C(N[SH](=O)=O)c3cccc(Br)c3)CC2)n1. The number of H-pyrrole nitrogens is 1. The molecule has 0 aliphatic carbocycles. The Balaban J connectivity index is 1.73. The van der Waals surface area contributed by atoms with Gasteiger partial charge in [0.15, 0.2) is 0 Å². The van der Waals surface area contributed by atoms with Crippen molar-refractivity contribution in [3.05, 3.63) is 34.3 Å². The topological polar surface area (TPSA) is 117 Å². The Morgan fingerprint density at radius 1 is 1.38 bits per heavy atom. The number of nitrogens with one attached hydrogen (secondary N) is 2. The average molecular weight is 415 g/mol. The molecule has 1 aliphatic rings. The van der Waals surface area contributed by atoms with E-state index in [1.165, 1.54) is 0 Å². The zero-order chi connectivity index (χ0) is 17.1. The predicted octanol–water partition coefficient (Wildman–Crippen LogP) is 1.22. The molecule has 10 heteroatoms. The fourth-order valence-corrected chi connectivity index (χ4v) is 4.12. The third-order valence-corrected chi connectivity index (χ3v) is 5.24. The van der Waals surface area contributed by atoms with Crippen molar-refractivity contribution >= 4 is 38.7 Å². The number of benzene rings is 1. The van der Waals surface area contributed by atoms with Crippen LogP contribution in [-0.4, -0.2) is 36.7 Å². The molecule has 130 valence electrons. The zero-order valence-electron chi connectivity index (χ0n) is 12.9. The van der Waals surface area contributed by atoms with Crippen molar-refractivity contribution in [2.45, 2.75) is 18.9 Å². The van der Waals surface area contributed by atoms with Crippen molar-refractivity contribution in [1.82, 2.24) is 19.9 Å². The van der Waals surface area contributed by atoms with Crippen LogP contribution < -0.4 is 15.4 Å². The van der Waals surface area contributed by atoms with Gasteiger partial charge in [-0.25, -0.2) is 18.2 Å². The van der Waals surface area contributed by atoms with Crippen LogP contribution >= 0.6 is 15.9 Å². The number of nitrogen functional groups attached to an aromatic ring is 1.